The SMILES string of the molecule is C[C@@H]1CCCC[C@H]1NC(=O)C[NH+](C)CC(=O)Nc1ccc(Cl)c(Cl)c1. The summed E-state index contributed by atoms with van der Waals surface area (Å²) in [4.78, 5) is 25.1. The van der Waals surface area contributed by atoms with Gasteiger partial charge in [0.15, 0.2) is 13.1 Å². The first-order chi connectivity index (χ1) is 11.8. The number of hydrogen-bond donors (Lipinski definition) is 3. The second-order valence-electron chi connectivity index (χ2n) is 6.92. The van der Waals surface area contributed by atoms with Crippen molar-refractivity contribution in [2.75, 3.05) is 25.5 Å². The van der Waals surface area contributed by atoms with Crippen LogP contribution in [0.5, 0.6) is 0 Å². The van der Waals surface area contributed by atoms with E-state index in [4.69, 9.17) is 23.2 Å². The van der Waals surface area contributed by atoms with Gasteiger partial charge in [-0.15, -0.1) is 0 Å². The van der Waals surface area contributed by atoms with Gasteiger partial charge in [0.25, 0.3) is 11.8 Å². The van der Waals surface area contributed by atoms with E-state index in [-0.39, 0.29) is 30.9 Å². The van der Waals surface area contributed by atoms with E-state index < -0.39 is 0 Å². The van der Waals surface area contributed by atoms with Crippen molar-refractivity contribution >= 4 is 40.7 Å². The monoisotopic (exact) mass is 386 g/mol. The average molecular weight is 387 g/mol. The Balaban J connectivity index is 1.76. The molecule has 0 aliphatic heterocycles. The second-order valence-corrected chi connectivity index (χ2v) is 7.74. The van der Waals surface area contributed by atoms with E-state index in [9.17, 15) is 9.59 Å². The van der Waals surface area contributed by atoms with E-state index in [1.54, 1.807) is 18.2 Å². The van der Waals surface area contributed by atoms with Crippen molar-refractivity contribution in [1.82, 2.24) is 5.32 Å². The molecule has 0 saturated heterocycles. The zero-order chi connectivity index (χ0) is 18.4. The topological polar surface area (TPSA) is 62.6 Å². The van der Waals surface area contributed by atoms with Gasteiger partial charge in [-0.05, 0) is 37.0 Å². The molecule has 0 heterocycles. The first-order valence-electron chi connectivity index (χ1n) is 8.70. The van der Waals surface area contributed by atoms with Crippen molar-refractivity contribution in [1.29, 1.82) is 0 Å². The van der Waals surface area contributed by atoms with Gasteiger partial charge in [-0.25, -0.2) is 0 Å². The van der Waals surface area contributed by atoms with Gasteiger partial charge >= 0.3 is 0 Å². The summed E-state index contributed by atoms with van der Waals surface area (Å²) in [5.41, 5.74) is 0.590. The number of carbonyl (C=O) groups is 2. The van der Waals surface area contributed by atoms with E-state index in [0.29, 0.717) is 21.7 Å². The molecule has 1 fully saturated rings. The summed E-state index contributed by atoms with van der Waals surface area (Å²) in [6.45, 7) is 2.66. The van der Waals surface area contributed by atoms with Gasteiger partial charge in [-0.2, -0.15) is 0 Å². The summed E-state index contributed by atoms with van der Waals surface area (Å²) in [6.07, 6.45) is 4.63. The maximum atomic E-state index is 12.2. The molecule has 1 aromatic carbocycles. The summed E-state index contributed by atoms with van der Waals surface area (Å²) < 4.78 is 0. The van der Waals surface area contributed by atoms with Gasteiger partial charge < -0.3 is 15.5 Å². The van der Waals surface area contributed by atoms with E-state index in [0.717, 1.165) is 11.3 Å². The zero-order valence-corrected chi connectivity index (χ0v) is 16.2. The van der Waals surface area contributed by atoms with Crippen LogP contribution in [0, 0.1) is 5.92 Å². The standard InChI is InChI=1S/C18H25Cl2N3O2/c1-12-5-3-4-6-16(12)22-18(25)11-23(2)10-17(24)21-13-7-8-14(19)15(20)9-13/h7-9,12,16H,3-6,10-11H2,1-2H3,(H,21,24)(H,22,25)/p+1/t12-,16-/m1/s1. The van der Waals surface area contributed by atoms with E-state index in [2.05, 4.69) is 17.6 Å². The lowest BCUT2D eigenvalue weighted by atomic mass is 9.86. The van der Waals surface area contributed by atoms with Gasteiger partial charge in [-0.1, -0.05) is 43.0 Å². The van der Waals surface area contributed by atoms with Crippen LogP contribution in [-0.4, -0.2) is 38.0 Å². The highest BCUT2D eigenvalue weighted by molar-refractivity contribution is 6.42. The number of likely N-dealkylation sites (N-methyl/N-ethyl adjacent to an activating group) is 1. The number of amides is 2. The van der Waals surface area contributed by atoms with Gasteiger partial charge in [0.1, 0.15) is 0 Å². The molecule has 138 valence electrons. The average Bonchev–Trinajstić information content (AvgIpc) is 2.52. The van der Waals surface area contributed by atoms with Crippen molar-refractivity contribution in [3.8, 4) is 0 Å². The van der Waals surface area contributed by atoms with Crippen LogP contribution in [0.1, 0.15) is 32.6 Å². The summed E-state index contributed by atoms with van der Waals surface area (Å²) in [5.74, 6) is 0.351. The number of rotatable bonds is 6. The molecule has 1 aliphatic rings. The predicted octanol–water partition coefficient (Wildman–Crippen LogP) is 2.14. The molecule has 1 aromatic rings. The van der Waals surface area contributed by atoms with E-state index >= 15 is 0 Å². The van der Waals surface area contributed by atoms with Crippen LogP contribution in [0.15, 0.2) is 18.2 Å². The van der Waals surface area contributed by atoms with Crippen LogP contribution in [0.2, 0.25) is 10.0 Å². The van der Waals surface area contributed by atoms with Gasteiger partial charge in [0.05, 0.1) is 17.1 Å². The molecule has 1 unspecified atom stereocenters. The van der Waals surface area contributed by atoms with Crippen molar-refractivity contribution in [3.63, 3.8) is 0 Å². The maximum Gasteiger partial charge on any atom is 0.279 e. The van der Waals surface area contributed by atoms with Gasteiger partial charge in [-0.3, -0.25) is 9.59 Å². The third kappa shape index (κ3) is 6.49. The third-order valence-electron chi connectivity index (χ3n) is 4.59. The maximum absolute atomic E-state index is 12.2. The highest BCUT2D eigenvalue weighted by Gasteiger charge is 2.24. The largest absolute Gasteiger partial charge is 0.348 e. The number of benzene rings is 1. The Kier molecular flexibility index (Phi) is 7.54. The number of hydrogen-bond acceptors (Lipinski definition) is 2. The Morgan fingerprint density at radius 1 is 1.12 bits per heavy atom. The second kappa shape index (κ2) is 9.41. The van der Waals surface area contributed by atoms with E-state index in [1.807, 2.05) is 7.05 Å². The predicted molar refractivity (Wildman–Crippen MR) is 101 cm³/mol. The van der Waals surface area contributed by atoms with Crippen molar-refractivity contribution in [3.05, 3.63) is 28.2 Å². The van der Waals surface area contributed by atoms with Crippen molar-refractivity contribution in [2.24, 2.45) is 5.92 Å². The lowest BCUT2D eigenvalue weighted by molar-refractivity contribution is -0.862. The Morgan fingerprint density at radius 3 is 2.48 bits per heavy atom. The highest BCUT2D eigenvalue weighted by atomic mass is 35.5. The minimum atomic E-state index is -0.172. The molecule has 2 rings (SSSR count). The van der Waals surface area contributed by atoms with Crippen LogP contribution >= 0.6 is 23.2 Å². The molecule has 0 aromatic heterocycles. The van der Waals surface area contributed by atoms with Crippen LogP contribution in [-0.2, 0) is 9.59 Å². The molecule has 1 aliphatic carbocycles. The first-order valence-corrected chi connectivity index (χ1v) is 9.46. The highest BCUT2D eigenvalue weighted by Crippen LogP contribution is 2.25. The number of carbonyl (C=O) groups excluding carboxylic acids is 2. The molecular formula is C18H26Cl2N3O2+. The minimum absolute atomic E-state index is 0.00131. The molecule has 5 nitrogen and oxygen atoms in total. The quantitative estimate of drug-likeness (QED) is 0.701. The fraction of sp³-hybridized carbons (Fsp3) is 0.556. The Hall–Kier alpha value is -1.30. The number of nitrogens with one attached hydrogen (secondary N) is 3. The van der Waals surface area contributed by atoms with Crippen LogP contribution in [0.3, 0.4) is 0 Å². The summed E-state index contributed by atoms with van der Waals surface area (Å²) in [5, 5.41) is 6.71. The third-order valence-corrected chi connectivity index (χ3v) is 5.32. The number of anilines is 1. The summed E-state index contributed by atoms with van der Waals surface area (Å²) in [7, 11) is 1.83. The van der Waals surface area contributed by atoms with Gasteiger partial charge in [0.2, 0.25) is 0 Å². The first kappa shape index (κ1) is 20.0. The minimum Gasteiger partial charge on any atom is -0.348 e. The Bertz CT molecular complexity index is 624. The van der Waals surface area contributed by atoms with Crippen LogP contribution in [0.4, 0.5) is 5.69 Å². The Morgan fingerprint density at radius 2 is 1.80 bits per heavy atom. The molecule has 7 heteroatoms. The molecular weight excluding hydrogens is 361 g/mol. The molecule has 0 spiro atoms. The smallest absolute Gasteiger partial charge is 0.279 e. The van der Waals surface area contributed by atoms with Crippen LogP contribution in [0.25, 0.3) is 0 Å². The molecule has 25 heavy (non-hydrogen) atoms. The van der Waals surface area contributed by atoms with E-state index in [1.165, 1.54) is 19.3 Å². The fourth-order valence-electron chi connectivity index (χ4n) is 3.18. The van der Waals surface area contributed by atoms with Crippen LogP contribution < -0.4 is 15.5 Å². The molecule has 3 atom stereocenters. The summed E-state index contributed by atoms with van der Waals surface area (Å²) in [6, 6.07) is 5.20. The summed E-state index contributed by atoms with van der Waals surface area (Å²) >= 11 is 11.8. The molecule has 1 saturated carbocycles. The van der Waals surface area contributed by atoms with Gasteiger partial charge in [0, 0.05) is 11.7 Å². The molecule has 2 amide bonds. The normalized spacial score (nSPS) is 21.4. The molecule has 0 bridgehead atoms. The lowest BCUT2D eigenvalue weighted by Gasteiger charge is -2.29. The Labute approximate surface area is 159 Å². The molecule has 3 N–H and O–H groups in total. The molecule has 0 radical (unpaired) electrons. The number of quaternary nitrogens is 1. The zero-order valence-electron chi connectivity index (χ0n) is 14.7. The van der Waals surface area contributed by atoms with Crippen molar-refractivity contribution in [2.45, 2.75) is 38.6 Å². The lowest BCUT2D eigenvalue weighted by Crippen LogP contribution is -3.11. The van der Waals surface area contributed by atoms with Crippen molar-refractivity contribution < 1.29 is 14.5 Å². The number of halogens is 2. The fourth-order valence-corrected chi connectivity index (χ4v) is 3.48.